The summed E-state index contributed by atoms with van der Waals surface area (Å²) >= 11 is 0. The molecule has 0 atom stereocenters. The monoisotopic (exact) mass is 424 g/mol. The number of carbonyl (C=O) groups is 4. The maximum Gasteiger partial charge on any atom is 0.331 e. The second kappa shape index (κ2) is 12.7. The van der Waals surface area contributed by atoms with Crippen molar-refractivity contribution in [2.75, 3.05) is 13.2 Å². The summed E-state index contributed by atoms with van der Waals surface area (Å²) in [7, 11) is 0. The van der Waals surface area contributed by atoms with Gasteiger partial charge in [0.15, 0.2) is 0 Å². The molecular weight excluding hydrogens is 400 g/mol. The molecule has 7 nitrogen and oxygen atoms in total. The van der Waals surface area contributed by atoms with Crippen LogP contribution in [0.15, 0.2) is 72.8 Å². The van der Waals surface area contributed by atoms with Gasteiger partial charge >= 0.3 is 23.9 Å². The second-order valence-corrected chi connectivity index (χ2v) is 6.40. The molecule has 31 heavy (non-hydrogen) atoms. The highest BCUT2D eigenvalue weighted by atomic mass is 16.6. The maximum atomic E-state index is 12.7. The zero-order chi connectivity index (χ0) is 22.5. The first-order chi connectivity index (χ1) is 15.0. The Labute approximate surface area is 180 Å². The molecule has 0 unspecified atom stereocenters. The Morgan fingerprint density at radius 2 is 1.32 bits per heavy atom. The normalized spacial score (nSPS) is 10.6. The molecule has 7 heteroatoms. The van der Waals surface area contributed by atoms with Crippen molar-refractivity contribution < 1.29 is 33.4 Å². The van der Waals surface area contributed by atoms with Gasteiger partial charge in [-0.2, -0.15) is 0 Å². The number of esters is 4. The minimum Gasteiger partial charge on any atom is -0.463 e. The Morgan fingerprint density at radius 1 is 0.806 bits per heavy atom. The van der Waals surface area contributed by atoms with Crippen LogP contribution in [0.5, 0.6) is 0 Å². The van der Waals surface area contributed by atoms with Gasteiger partial charge in [-0.3, -0.25) is 9.59 Å². The largest absolute Gasteiger partial charge is 0.463 e. The van der Waals surface area contributed by atoms with Crippen molar-refractivity contribution in [3.8, 4) is 0 Å². The van der Waals surface area contributed by atoms with E-state index < -0.39 is 29.8 Å². The van der Waals surface area contributed by atoms with Crippen molar-refractivity contribution in [2.45, 2.75) is 25.7 Å². The highest BCUT2D eigenvalue weighted by molar-refractivity contribution is 5.92. The highest BCUT2D eigenvalue weighted by Crippen LogP contribution is 2.26. The Morgan fingerprint density at radius 3 is 1.84 bits per heavy atom. The molecular formula is C24H24O7. The molecule has 0 aromatic heterocycles. The number of rotatable bonds is 10. The van der Waals surface area contributed by atoms with E-state index in [1.807, 2.05) is 36.4 Å². The van der Waals surface area contributed by atoms with Crippen LogP contribution in [0.25, 0.3) is 0 Å². The fourth-order valence-corrected chi connectivity index (χ4v) is 2.74. The Hall–Kier alpha value is -3.74. The molecule has 0 amide bonds. The molecule has 0 fully saturated rings. The van der Waals surface area contributed by atoms with Crippen molar-refractivity contribution in [2.24, 2.45) is 0 Å². The number of hydrogen-bond acceptors (Lipinski definition) is 7. The summed E-state index contributed by atoms with van der Waals surface area (Å²) in [6.45, 7) is 1.79. The van der Waals surface area contributed by atoms with Crippen molar-refractivity contribution in [3.05, 3.63) is 83.9 Å². The first kappa shape index (κ1) is 23.5. The first-order valence-electron chi connectivity index (χ1n) is 9.87. The number of benzene rings is 2. The summed E-state index contributed by atoms with van der Waals surface area (Å²) in [5.74, 6) is -3.48. The van der Waals surface area contributed by atoms with E-state index in [-0.39, 0.29) is 26.1 Å². The third kappa shape index (κ3) is 8.26. The van der Waals surface area contributed by atoms with Crippen LogP contribution >= 0.6 is 0 Å². The maximum absolute atomic E-state index is 12.7. The van der Waals surface area contributed by atoms with E-state index in [2.05, 4.69) is 4.74 Å². The van der Waals surface area contributed by atoms with Crippen molar-refractivity contribution >= 4 is 23.9 Å². The van der Waals surface area contributed by atoms with E-state index in [4.69, 9.17) is 9.47 Å². The van der Waals surface area contributed by atoms with Crippen molar-refractivity contribution in [1.82, 2.24) is 0 Å². The first-order valence-corrected chi connectivity index (χ1v) is 9.87. The summed E-state index contributed by atoms with van der Waals surface area (Å²) < 4.78 is 14.6. The van der Waals surface area contributed by atoms with E-state index in [1.165, 1.54) is 0 Å². The topological polar surface area (TPSA) is 96.0 Å². The Kier molecular flexibility index (Phi) is 9.68. The van der Waals surface area contributed by atoms with Crippen LogP contribution in [-0.4, -0.2) is 37.1 Å². The third-order valence-electron chi connectivity index (χ3n) is 4.13. The quantitative estimate of drug-likeness (QED) is 0.190. The Balaban J connectivity index is 1.84. The molecule has 0 aliphatic heterocycles. The average Bonchev–Trinajstić information content (AvgIpc) is 2.77. The molecule has 0 saturated heterocycles. The van der Waals surface area contributed by atoms with Crippen LogP contribution in [0.2, 0.25) is 0 Å². The van der Waals surface area contributed by atoms with Crippen LogP contribution in [0.1, 0.15) is 36.8 Å². The van der Waals surface area contributed by atoms with Gasteiger partial charge in [-0.25, -0.2) is 9.59 Å². The summed E-state index contributed by atoms with van der Waals surface area (Å²) in [4.78, 5) is 47.4. The van der Waals surface area contributed by atoms with E-state index in [9.17, 15) is 19.2 Å². The van der Waals surface area contributed by atoms with Crippen LogP contribution < -0.4 is 0 Å². The third-order valence-corrected chi connectivity index (χ3v) is 4.13. The lowest BCUT2D eigenvalue weighted by molar-refractivity contribution is -0.160. The van der Waals surface area contributed by atoms with E-state index in [0.29, 0.717) is 11.1 Å². The molecule has 0 N–H and O–H groups in total. The zero-order valence-electron chi connectivity index (χ0n) is 17.2. The molecule has 0 radical (unpaired) electrons. The van der Waals surface area contributed by atoms with Gasteiger partial charge in [0.25, 0.3) is 0 Å². The van der Waals surface area contributed by atoms with Gasteiger partial charge in [0.1, 0.15) is 5.92 Å². The minimum absolute atomic E-state index is 0.0594. The minimum atomic E-state index is -0.731. The number of hydrogen-bond donors (Lipinski definition) is 0. The molecule has 162 valence electrons. The fraction of sp³-hybridized carbons (Fsp3) is 0.250. The summed E-state index contributed by atoms with van der Waals surface area (Å²) in [6, 6.07) is 18.1. The average molecular weight is 424 g/mol. The molecule has 0 bridgehead atoms. The van der Waals surface area contributed by atoms with Gasteiger partial charge in [0.2, 0.25) is 0 Å². The van der Waals surface area contributed by atoms with E-state index >= 15 is 0 Å². The van der Waals surface area contributed by atoms with Crippen LogP contribution in [0.4, 0.5) is 0 Å². The summed E-state index contributed by atoms with van der Waals surface area (Å²) in [5.41, 5.74) is 1.43. The highest BCUT2D eigenvalue weighted by Gasteiger charge is 2.26. The predicted molar refractivity (Wildman–Crippen MR) is 112 cm³/mol. The van der Waals surface area contributed by atoms with Gasteiger partial charge in [-0.05, 0) is 24.5 Å². The smallest absolute Gasteiger partial charge is 0.331 e. The van der Waals surface area contributed by atoms with E-state index in [0.717, 1.165) is 12.2 Å². The summed E-state index contributed by atoms with van der Waals surface area (Å²) in [6.07, 6.45) is 1.99. The molecule has 0 saturated carbocycles. The second-order valence-electron chi connectivity index (χ2n) is 6.40. The predicted octanol–water partition coefficient (Wildman–Crippen LogP) is 3.33. The van der Waals surface area contributed by atoms with Gasteiger partial charge in [0, 0.05) is 18.6 Å². The lowest BCUT2D eigenvalue weighted by atomic mass is 9.91. The molecule has 2 aromatic carbocycles. The van der Waals surface area contributed by atoms with Crippen molar-refractivity contribution in [3.63, 3.8) is 0 Å². The standard InChI is InChI=1S/C24H24O7/c1-2-29-20(25)15-16-21(26)30-17-9-14-22(27)31-24(28)23(18-10-5-3-6-11-18)19-12-7-4-8-13-19/h3-8,10-13,15-16,23H,2,9,14,17H2,1H3. The molecule has 2 aromatic rings. The van der Waals surface area contributed by atoms with E-state index in [1.54, 1.807) is 31.2 Å². The van der Waals surface area contributed by atoms with Gasteiger partial charge < -0.3 is 14.2 Å². The SMILES string of the molecule is CCOC(=O)C=CC(=O)OCCCC(=O)OC(=O)C(c1ccccc1)c1ccccc1. The lowest BCUT2D eigenvalue weighted by Crippen LogP contribution is -2.21. The van der Waals surface area contributed by atoms with Crippen LogP contribution in [-0.2, 0) is 33.4 Å². The molecule has 2 rings (SSSR count). The molecule has 0 aliphatic carbocycles. The number of ether oxygens (including phenoxy) is 3. The van der Waals surface area contributed by atoms with Gasteiger partial charge in [0.05, 0.1) is 13.2 Å². The lowest BCUT2D eigenvalue weighted by Gasteiger charge is -2.16. The summed E-state index contributed by atoms with van der Waals surface area (Å²) in [5, 5.41) is 0. The van der Waals surface area contributed by atoms with Crippen molar-refractivity contribution in [1.29, 1.82) is 0 Å². The van der Waals surface area contributed by atoms with Gasteiger partial charge in [-0.15, -0.1) is 0 Å². The van der Waals surface area contributed by atoms with Crippen LogP contribution in [0.3, 0.4) is 0 Å². The molecule has 0 spiro atoms. The molecule has 0 heterocycles. The van der Waals surface area contributed by atoms with Crippen LogP contribution in [0, 0.1) is 0 Å². The fourth-order valence-electron chi connectivity index (χ4n) is 2.74. The Bertz CT molecular complexity index is 865. The molecule has 0 aliphatic rings. The number of carbonyl (C=O) groups excluding carboxylic acids is 4. The zero-order valence-corrected chi connectivity index (χ0v) is 17.2. The van der Waals surface area contributed by atoms with Gasteiger partial charge in [-0.1, -0.05) is 60.7 Å².